The summed E-state index contributed by atoms with van der Waals surface area (Å²) in [7, 11) is 0. The number of hydrogen-bond acceptors (Lipinski definition) is 3. The zero-order valence-electron chi connectivity index (χ0n) is 17.3. The minimum Gasteiger partial charge on any atom is -0.334 e. The van der Waals surface area contributed by atoms with Gasteiger partial charge in [-0.05, 0) is 61.3 Å². The van der Waals surface area contributed by atoms with E-state index in [-0.39, 0.29) is 5.78 Å². The van der Waals surface area contributed by atoms with E-state index in [1.54, 1.807) is 0 Å². The lowest BCUT2D eigenvalue weighted by atomic mass is 9.67. The maximum Gasteiger partial charge on any atom is 0.180 e. The van der Waals surface area contributed by atoms with E-state index < -0.39 is 22.9 Å². The molecule has 2 aliphatic heterocycles. The van der Waals surface area contributed by atoms with Gasteiger partial charge in [0, 0.05) is 0 Å². The van der Waals surface area contributed by atoms with Crippen LogP contribution in [0.2, 0.25) is 0 Å². The quantitative estimate of drug-likeness (QED) is 0.663. The SMILES string of the molecule is C[C@@]12O[C@@H](C(=O)C13CC3)C1(O2)/C(=C/c2ccccc2)CCC/C1=C\c1ccccc1. The summed E-state index contributed by atoms with van der Waals surface area (Å²) in [5, 5.41) is 0. The second kappa shape index (κ2) is 6.26. The molecule has 2 aliphatic carbocycles. The third-order valence-electron chi connectivity index (χ3n) is 7.52. The first-order valence-electron chi connectivity index (χ1n) is 11.0. The second-order valence-corrected chi connectivity index (χ2v) is 9.24. The summed E-state index contributed by atoms with van der Waals surface area (Å²) in [6, 6.07) is 20.7. The topological polar surface area (TPSA) is 35.5 Å². The van der Waals surface area contributed by atoms with E-state index in [0.717, 1.165) is 43.2 Å². The fraction of sp³-hybridized carbons (Fsp3) is 0.370. The van der Waals surface area contributed by atoms with Crippen LogP contribution in [0.5, 0.6) is 0 Å². The van der Waals surface area contributed by atoms with Crippen LogP contribution >= 0.6 is 0 Å². The fourth-order valence-corrected chi connectivity index (χ4v) is 5.82. The Hall–Kier alpha value is -2.49. The van der Waals surface area contributed by atoms with Crippen molar-refractivity contribution in [2.45, 2.75) is 56.5 Å². The van der Waals surface area contributed by atoms with E-state index in [1.807, 2.05) is 43.3 Å². The Labute approximate surface area is 177 Å². The highest BCUT2D eigenvalue weighted by Crippen LogP contribution is 2.70. The molecule has 30 heavy (non-hydrogen) atoms. The molecular weight excluding hydrogens is 372 g/mol. The zero-order chi connectivity index (χ0) is 20.4. The summed E-state index contributed by atoms with van der Waals surface area (Å²) in [6.45, 7) is 1.99. The fourth-order valence-electron chi connectivity index (χ4n) is 5.82. The van der Waals surface area contributed by atoms with E-state index in [2.05, 4.69) is 36.4 Å². The molecular formula is C27H26O3. The third kappa shape index (κ3) is 2.36. The average Bonchev–Trinajstić information content (AvgIpc) is 3.48. The monoisotopic (exact) mass is 398 g/mol. The number of hydrogen-bond donors (Lipinski definition) is 0. The van der Waals surface area contributed by atoms with E-state index >= 15 is 0 Å². The van der Waals surface area contributed by atoms with Crippen LogP contribution in [0.3, 0.4) is 0 Å². The Morgan fingerprint density at radius 2 is 1.40 bits per heavy atom. The van der Waals surface area contributed by atoms with Crippen LogP contribution in [0.1, 0.15) is 50.2 Å². The van der Waals surface area contributed by atoms with Gasteiger partial charge < -0.3 is 9.47 Å². The van der Waals surface area contributed by atoms with Crippen LogP contribution < -0.4 is 0 Å². The second-order valence-electron chi connectivity index (χ2n) is 9.24. The van der Waals surface area contributed by atoms with Gasteiger partial charge in [0.15, 0.2) is 17.7 Å². The molecule has 2 saturated carbocycles. The largest absolute Gasteiger partial charge is 0.334 e. The van der Waals surface area contributed by atoms with Gasteiger partial charge >= 0.3 is 0 Å². The van der Waals surface area contributed by atoms with Crippen LogP contribution in [0.25, 0.3) is 12.2 Å². The van der Waals surface area contributed by atoms with Crippen molar-refractivity contribution in [1.29, 1.82) is 0 Å². The summed E-state index contributed by atoms with van der Waals surface area (Å²) in [6.07, 6.45) is 8.53. The van der Waals surface area contributed by atoms with Crippen molar-refractivity contribution in [2.24, 2.45) is 5.41 Å². The highest BCUT2D eigenvalue weighted by Gasteiger charge is 2.81. The third-order valence-corrected chi connectivity index (χ3v) is 7.52. The van der Waals surface area contributed by atoms with Gasteiger partial charge in [0.25, 0.3) is 0 Å². The van der Waals surface area contributed by atoms with Gasteiger partial charge in [-0.15, -0.1) is 0 Å². The van der Waals surface area contributed by atoms with Crippen LogP contribution in [-0.4, -0.2) is 23.3 Å². The van der Waals surface area contributed by atoms with Crippen molar-refractivity contribution in [1.82, 2.24) is 0 Å². The summed E-state index contributed by atoms with van der Waals surface area (Å²) >= 11 is 0. The molecule has 2 aromatic carbocycles. The molecule has 0 unspecified atom stereocenters. The zero-order valence-corrected chi connectivity index (χ0v) is 17.3. The maximum absolute atomic E-state index is 13.6. The minimum absolute atomic E-state index is 0.246. The van der Waals surface area contributed by atoms with Crippen molar-refractivity contribution < 1.29 is 14.3 Å². The van der Waals surface area contributed by atoms with Gasteiger partial charge in [-0.3, -0.25) is 4.79 Å². The molecule has 2 spiro atoms. The summed E-state index contributed by atoms with van der Waals surface area (Å²) in [5.41, 5.74) is 3.40. The van der Waals surface area contributed by atoms with Gasteiger partial charge in [-0.2, -0.15) is 0 Å². The molecule has 6 rings (SSSR count). The molecule has 2 bridgehead atoms. The normalized spacial score (nSPS) is 36.3. The molecule has 3 nitrogen and oxygen atoms in total. The Morgan fingerprint density at radius 3 is 1.87 bits per heavy atom. The lowest BCUT2D eigenvalue weighted by Gasteiger charge is -2.45. The predicted molar refractivity (Wildman–Crippen MR) is 116 cm³/mol. The maximum atomic E-state index is 13.6. The molecule has 0 amide bonds. The lowest BCUT2D eigenvalue weighted by Crippen LogP contribution is -2.56. The average molecular weight is 399 g/mol. The predicted octanol–water partition coefficient (Wildman–Crippen LogP) is 5.57. The Kier molecular flexibility index (Phi) is 3.82. The van der Waals surface area contributed by atoms with E-state index in [1.165, 1.54) is 11.1 Å². The summed E-state index contributed by atoms with van der Waals surface area (Å²) < 4.78 is 13.3. The molecule has 3 heteroatoms. The van der Waals surface area contributed by atoms with Crippen LogP contribution in [0.4, 0.5) is 0 Å². The molecule has 0 aromatic heterocycles. The number of ether oxygens (including phenoxy) is 2. The van der Waals surface area contributed by atoms with Crippen molar-refractivity contribution in [2.75, 3.05) is 0 Å². The number of carbonyl (C=O) groups excluding carboxylic acids is 1. The minimum atomic E-state index is -0.822. The first kappa shape index (κ1) is 18.3. The van der Waals surface area contributed by atoms with Crippen LogP contribution in [0, 0.1) is 5.41 Å². The lowest BCUT2D eigenvalue weighted by molar-refractivity contribution is -0.194. The molecule has 0 N–H and O–H groups in total. The number of Topliss-reactive ketones (excluding diaryl/α,β-unsaturated/α-hetero) is 1. The van der Waals surface area contributed by atoms with Crippen LogP contribution in [0.15, 0.2) is 71.8 Å². The number of carbonyl (C=O) groups is 1. The van der Waals surface area contributed by atoms with E-state index in [9.17, 15) is 4.79 Å². The molecule has 2 aromatic rings. The van der Waals surface area contributed by atoms with Gasteiger partial charge in [0.1, 0.15) is 5.60 Å². The molecule has 2 saturated heterocycles. The summed E-state index contributed by atoms with van der Waals surface area (Å²) in [4.78, 5) is 13.6. The van der Waals surface area contributed by atoms with Crippen LogP contribution in [-0.2, 0) is 14.3 Å². The molecule has 0 radical (unpaired) electrons. The van der Waals surface area contributed by atoms with Crippen molar-refractivity contribution in [3.63, 3.8) is 0 Å². The molecule has 2 atom stereocenters. The smallest absolute Gasteiger partial charge is 0.180 e. The number of ketones is 1. The van der Waals surface area contributed by atoms with Crippen molar-refractivity contribution >= 4 is 17.9 Å². The highest BCUT2D eigenvalue weighted by atomic mass is 16.8. The molecule has 4 fully saturated rings. The number of benzene rings is 2. The summed E-state index contributed by atoms with van der Waals surface area (Å²) in [5.74, 6) is -0.575. The van der Waals surface area contributed by atoms with Gasteiger partial charge in [-0.1, -0.05) is 72.8 Å². The Balaban J connectivity index is 1.53. The Bertz CT molecular complexity index is 1000. The first-order chi connectivity index (χ1) is 14.6. The molecule has 152 valence electrons. The number of fused-ring (bicyclic) bond motifs is 4. The van der Waals surface area contributed by atoms with Gasteiger partial charge in [0.05, 0.1) is 5.41 Å². The molecule has 4 aliphatic rings. The van der Waals surface area contributed by atoms with Crippen molar-refractivity contribution in [3.05, 3.63) is 82.9 Å². The van der Waals surface area contributed by atoms with E-state index in [0.29, 0.717) is 0 Å². The Morgan fingerprint density at radius 1 is 0.867 bits per heavy atom. The molecule has 2 heterocycles. The van der Waals surface area contributed by atoms with Gasteiger partial charge in [-0.25, -0.2) is 0 Å². The standard InChI is InChI=1S/C27H26O3/c1-25-26(15-16-26)23(28)24(29-25)27(30-25)21(17-19-9-4-2-5-10-19)13-8-14-22(27)18-20-11-6-3-7-12-20/h2-7,9-12,17-18,24H,8,13-16H2,1H3/b21-17+,22-18+/t24-,25-/m0/s1. The first-order valence-corrected chi connectivity index (χ1v) is 11.0. The highest BCUT2D eigenvalue weighted by molar-refractivity contribution is 5.98. The van der Waals surface area contributed by atoms with Gasteiger partial charge in [0.2, 0.25) is 0 Å². The number of rotatable bonds is 2. The van der Waals surface area contributed by atoms with Crippen molar-refractivity contribution in [3.8, 4) is 0 Å². The van der Waals surface area contributed by atoms with E-state index in [4.69, 9.17) is 9.47 Å².